The number of nitrogens with zero attached hydrogens (tertiary/aromatic N) is 2. The molecule has 2 unspecified atom stereocenters. The fraction of sp³-hybridized carbons (Fsp3) is 0.435. The number of rotatable bonds is 8. The smallest absolute Gasteiger partial charge is 0.239 e. The van der Waals surface area contributed by atoms with E-state index in [1.54, 1.807) is 13.2 Å². The normalized spacial score (nSPS) is 23.8. The number of amides is 1. The molecule has 0 spiro atoms. The molecule has 170 valence electrons. The Morgan fingerprint density at radius 1 is 1.19 bits per heavy atom. The molecule has 0 radical (unpaired) electrons. The lowest BCUT2D eigenvalue weighted by Gasteiger charge is -2.48. The molecule has 3 fully saturated rings. The van der Waals surface area contributed by atoms with E-state index < -0.39 is 0 Å². The van der Waals surface area contributed by atoms with Crippen molar-refractivity contribution < 1.29 is 9.53 Å². The quantitative estimate of drug-likeness (QED) is 0.242. The predicted octanol–water partition coefficient (Wildman–Crippen LogP) is 3.12. The maximum absolute atomic E-state index is 12.6. The minimum Gasteiger partial charge on any atom is -0.497 e. The van der Waals surface area contributed by atoms with Gasteiger partial charge in [-0.2, -0.15) is 9.97 Å². The maximum atomic E-state index is 12.6. The van der Waals surface area contributed by atoms with E-state index in [0.29, 0.717) is 29.4 Å². The zero-order valence-corrected chi connectivity index (χ0v) is 18.5. The van der Waals surface area contributed by atoms with E-state index in [4.69, 9.17) is 15.6 Å². The van der Waals surface area contributed by atoms with Crippen LogP contribution < -0.4 is 32.0 Å². The summed E-state index contributed by atoms with van der Waals surface area (Å²) in [4.78, 5) is 22.0. The van der Waals surface area contributed by atoms with E-state index in [-0.39, 0.29) is 17.9 Å². The standard InChI is InChI=1S/C23H31N7O2/c1-4-17-20(25-2)28-23(26-15-6-5-7-16(12-15)32-3)29-21(17)27-19-14-10-8-13(9-11-14)18(19)22(31)30-24/h4-7,12-14,18-19H,1,8-11,24H2,2-3H3,(H,30,31)(H3,25,26,27,28,29). The highest BCUT2D eigenvalue weighted by atomic mass is 16.5. The highest BCUT2D eigenvalue weighted by Gasteiger charge is 2.47. The molecule has 32 heavy (non-hydrogen) atoms. The van der Waals surface area contributed by atoms with Gasteiger partial charge in [-0.1, -0.05) is 18.7 Å². The van der Waals surface area contributed by atoms with E-state index >= 15 is 0 Å². The first-order valence-electron chi connectivity index (χ1n) is 11.0. The molecule has 1 amide bonds. The van der Waals surface area contributed by atoms with Crippen LogP contribution in [0, 0.1) is 17.8 Å². The number of hydrogen-bond acceptors (Lipinski definition) is 8. The molecule has 1 aromatic carbocycles. The van der Waals surface area contributed by atoms with Crippen LogP contribution >= 0.6 is 0 Å². The number of methoxy groups -OCH3 is 1. The molecular formula is C23H31N7O2. The van der Waals surface area contributed by atoms with Crippen LogP contribution in [0.15, 0.2) is 30.8 Å². The fourth-order valence-corrected chi connectivity index (χ4v) is 5.14. The van der Waals surface area contributed by atoms with Crippen molar-refractivity contribution in [3.8, 4) is 5.75 Å². The van der Waals surface area contributed by atoms with Crippen LogP contribution in [0.25, 0.3) is 6.08 Å². The van der Waals surface area contributed by atoms with Crippen LogP contribution in [0.2, 0.25) is 0 Å². The fourth-order valence-electron chi connectivity index (χ4n) is 5.14. The number of nitrogens with two attached hydrogens (primary N) is 1. The highest BCUT2D eigenvalue weighted by molar-refractivity contribution is 5.81. The zero-order chi connectivity index (χ0) is 22.7. The molecule has 1 aromatic heterocycles. The third-order valence-electron chi connectivity index (χ3n) is 6.68. The number of hydrazine groups is 1. The van der Waals surface area contributed by atoms with Crippen LogP contribution in [0.3, 0.4) is 0 Å². The lowest BCUT2D eigenvalue weighted by Crippen LogP contribution is -2.55. The molecule has 0 saturated heterocycles. The van der Waals surface area contributed by atoms with Gasteiger partial charge in [0, 0.05) is 24.8 Å². The van der Waals surface area contributed by atoms with Gasteiger partial charge in [-0.15, -0.1) is 0 Å². The highest BCUT2D eigenvalue weighted by Crippen LogP contribution is 2.46. The number of carbonyl (C=O) groups is 1. The van der Waals surface area contributed by atoms with Crippen molar-refractivity contribution >= 4 is 35.3 Å². The number of anilines is 4. The minimum atomic E-state index is -0.187. The van der Waals surface area contributed by atoms with Gasteiger partial charge in [-0.25, -0.2) is 5.84 Å². The summed E-state index contributed by atoms with van der Waals surface area (Å²) in [5.74, 6) is 8.38. The Hall–Kier alpha value is -3.33. The molecule has 2 bridgehead atoms. The van der Waals surface area contributed by atoms with Crippen LogP contribution in [-0.4, -0.2) is 36.1 Å². The Kier molecular flexibility index (Phi) is 6.45. The number of carbonyl (C=O) groups excluding carboxylic acids is 1. The van der Waals surface area contributed by atoms with Crippen LogP contribution in [0.5, 0.6) is 5.75 Å². The molecule has 9 heteroatoms. The number of benzene rings is 1. The number of fused-ring (bicyclic) bond motifs is 3. The van der Waals surface area contributed by atoms with Gasteiger partial charge in [0.05, 0.1) is 18.6 Å². The van der Waals surface area contributed by atoms with Crippen molar-refractivity contribution in [1.82, 2.24) is 15.4 Å². The van der Waals surface area contributed by atoms with Crippen molar-refractivity contribution in [1.29, 1.82) is 0 Å². The van der Waals surface area contributed by atoms with Crippen molar-refractivity contribution in [2.24, 2.45) is 23.6 Å². The van der Waals surface area contributed by atoms with Gasteiger partial charge in [0.25, 0.3) is 0 Å². The summed E-state index contributed by atoms with van der Waals surface area (Å²) in [5, 5.41) is 9.95. The maximum Gasteiger partial charge on any atom is 0.239 e. The van der Waals surface area contributed by atoms with E-state index in [9.17, 15) is 4.79 Å². The first-order valence-corrected chi connectivity index (χ1v) is 11.0. The Bertz CT molecular complexity index is 988. The lowest BCUT2D eigenvalue weighted by molar-refractivity contribution is -0.130. The number of aromatic nitrogens is 2. The Morgan fingerprint density at radius 3 is 2.56 bits per heavy atom. The second kappa shape index (κ2) is 9.44. The second-order valence-corrected chi connectivity index (χ2v) is 8.35. The average Bonchev–Trinajstić information content (AvgIpc) is 2.84. The summed E-state index contributed by atoms with van der Waals surface area (Å²) in [6, 6.07) is 7.51. The van der Waals surface area contributed by atoms with Crippen molar-refractivity contribution in [3.63, 3.8) is 0 Å². The summed E-state index contributed by atoms with van der Waals surface area (Å²) < 4.78 is 5.30. The average molecular weight is 438 g/mol. The molecule has 6 N–H and O–H groups in total. The summed E-state index contributed by atoms with van der Waals surface area (Å²) in [6.07, 6.45) is 6.04. The molecule has 9 nitrogen and oxygen atoms in total. The van der Waals surface area contributed by atoms with Crippen LogP contribution in [-0.2, 0) is 4.79 Å². The van der Waals surface area contributed by atoms with Crippen molar-refractivity contribution in [3.05, 3.63) is 36.4 Å². The molecule has 3 saturated carbocycles. The molecule has 1 heterocycles. The van der Waals surface area contributed by atoms with Gasteiger partial charge in [0.1, 0.15) is 17.4 Å². The van der Waals surface area contributed by atoms with E-state index in [2.05, 4.69) is 32.9 Å². The molecule has 2 aromatic rings. The van der Waals surface area contributed by atoms with Gasteiger partial charge in [0.2, 0.25) is 11.9 Å². The van der Waals surface area contributed by atoms with Crippen molar-refractivity contribution in [2.75, 3.05) is 30.1 Å². The van der Waals surface area contributed by atoms with E-state index in [1.807, 2.05) is 31.3 Å². The molecule has 0 aliphatic heterocycles. The molecule has 2 atom stereocenters. The molecule has 5 rings (SSSR count). The first kappa shape index (κ1) is 21.9. The summed E-state index contributed by atoms with van der Waals surface area (Å²) >= 11 is 0. The lowest BCUT2D eigenvalue weighted by atomic mass is 9.61. The van der Waals surface area contributed by atoms with Gasteiger partial charge >= 0.3 is 0 Å². The van der Waals surface area contributed by atoms with Gasteiger partial charge in [-0.05, 0) is 49.7 Å². The topological polar surface area (TPSA) is 126 Å². The Morgan fingerprint density at radius 2 is 1.91 bits per heavy atom. The first-order chi connectivity index (χ1) is 15.6. The number of nitrogens with one attached hydrogen (secondary N) is 4. The van der Waals surface area contributed by atoms with E-state index in [1.165, 1.54) is 0 Å². The van der Waals surface area contributed by atoms with Crippen LogP contribution in [0.4, 0.5) is 23.3 Å². The Labute approximate surface area is 188 Å². The monoisotopic (exact) mass is 437 g/mol. The molecule has 3 aliphatic rings. The van der Waals surface area contributed by atoms with Gasteiger partial charge in [0.15, 0.2) is 0 Å². The summed E-state index contributed by atoms with van der Waals surface area (Å²) in [7, 11) is 3.43. The number of ether oxygens (including phenoxy) is 1. The SMILES string of the molecule is C=Cc1c(NC)nc(Nc2cccc(OC)c2)nc1NC1C2CCC(CC2)C1C(=O)NN. The number of hydrogen-bond donors (Lipinski definition) is 5. The molecule has 3 aliphatic carbocycles. The third kappa shape index (κ3) is 4.20. The Balaban J connectivity index is 1.68. The van der Waals surface area contributed by atoms with E-state index in [0.717, 1.165) is 42.7 Å². The van der Waals surface area contributed by atoms with Gasteiger partial charge in [-0.3, -0.25) is 10.2 Å². The zero-order valence-electron chi connectivity index (χ0n) is 18.5. The minimum absolute atomic E-state index is 0.0472. The summed E-state index contributed by atoms with van der Waals surface area (Å²) in [5.41, 5.74) is 3.94. The second-order valence-electron chi connectivity index (χ2n) is 8.35. The largest absolute Gasteiger partial charge is 0.497 e. The summed E-state index contributed by atoms with van der Waals surface area (Å²) in [6.45, 7) is 3.95. The third-order valence-corrected chi connectivity index (χ3v) is 6.68. The van der Waals surface area contributed by atoms with Crippen molar-refractivity contribution in [2.45, 2.75) is 31.7 Å². The van der Waals surface area contributed by atoms with Crippen LogP contribution in [0.1, 0.15) is 31.2 Å². The van der Waals surface area contributed by atoms with Gasteiger partial charge < -0.3 is 20.7 Å². The predicted molar refractivity (Wildman–Crippen MR) is 127 cm³/mol. The molecular weight excluding hydrogens is 406 g/mol.